The predicted octanol–water partition coefficient (Wildman–Crippen LogP) is 7.61. The first-order valence-corrected chi connectivity index (χ1v) is 11.5. The Morgan fingerprint density at radius 1 is 0.950 bits per heavy atom. The van der Waals surface area contributed by atoms with Crippen molar-refractivity contribution in [1.29, 1.82) is 0 Å². The fourth-order valence-electron chi connectivity index (χ4n) is 3.49. The Morgan fingerprint density at radius 3 is 2.12 bits per heavy atom. The molecular formula is C24H17ClF3N3O9. The van der Waals surface area contributed by atoms with Crippen molar-refractivity contribution in [3.8, 4) is 17.2 Å². The SMILES string of the molecule is CCC(C)c1cc([N+](=O)[O-])cc([N+](=O)[O-])c1OC(=O)c1cc(Oc2ccc(C(F)(F)F)cc2Cl)ccc1[N+](=O)[O-]. The van der Waals surface area contributed by atoms with Crippen molar-refractivity contribution >= 4 is 34.6 Å². The molecule has 0 amide bonds. The van der Waals surface area contributed by atoms with Crippen LogP contribution in [0, 0.1) is 30.3 Å². The lowest BCUT2D eigenvalue weighted by molar-refractivity contribution is -0.394. The van der Waals surface area contributed by atoms with Gasteiger partial charge in [-0.2, -0.15) is 13.2 Å². The minimum absolute atomic E-state index is 0.0525. The average Bonchev–Trinajstić information content (AvgIpc) is 2.88. The summed E-state index contributed by atoms with van der Waals surface area (Å²) in [6, 6.07) is 6.52. The summed E-state index contributed by atoms with van der Waals surface area (Å²) >= 11 is 5.88. The van der Waals surface area contributed by atoms with E-state index < -0.39 is 71.8 Å². The van der Waals surface area contributed by atoms with Crippen LogP contribution >= 0.6 is 11.6 Å². The van der Waals surface area contributed by atoms with Gasteiger partial charge in [-0.05, 0) is 36.6 Å². The number of nitro groups is 3. The van der Waals surface area contributed by atoms with E-state index in [1.165, 1.54) is 0 Å². The van der Waals surface area contributed by atoms with Crippen LogP contribution in [0.2, 0.25) is 5.02 Å². The van der Waals surface area contributed by atoms with Gasteiger partial charge in [-0.15, -0.1) is 0 Å². The highest BCUT2D eigenvalue weighted by Crippen LogP contribution is 2.42. The number of nitro benzene ring substituents is 3. The first-order valence-electron chi connectivity index (χ1n) is 11.2. The molecule has 210 valence electrons. The number of carbonyl (C=O) groups is 1. The van der Waals surface area contributed by atoms with Gasteiger partial charge in [0.25, 0.3) is 11.4 Å². The van der Waals surface area contributed by atoms with Gasteiger partial charge >= 0.3 is 17.8 Å². The summed E-state index contributed by atoms with van der Waals surface area (Å²) in [5.41, 5.74) is -4.16. The summed E-state index contributed by atoms with van der Waals surface area (Å²) < 4.78 is 49.4. The minimum Gasteiger partial charge on any atom is -0.456 e. The lowest BCUT2D eigenvalue weighted by atomic mass is 9.96. The smallest absolute Gasteiger partial charge is 0.416 e. The van der Waals surface area contributed by atoms with Crippen LogP contribution in [0.3, 0.4) is 0 Å². The van der Waals surface area contributed by atoms with Crippen molar-refractivity contribution in [3.05, 3.63) is 101 Å². The van der Waals surface area contributed by atoms with Gasteiger partial charge in [-0.1, -0.05) is 25.4 Å². The summed E-state index contributed by atoms with van der Waals surface area (Å²) in [4.78, 5) is 45.0. The second-order valence-corrected chi connectivity index (χ2v) is 8.68. The fraction of sp³-hybridized carbons (Fsp3) is 0.208. The molecule has 0 aliphatic heterocycles. The summed E-state index contributed by atoms with van der Waals surface area (Å²) in [5, 5.41) is 34.2. The number of nitrogens with zero attached hydrogens (tertiary/aromatic N) is 3. The molecule has 0 radical (unpaired) electrons. The highest BCUT2D eigenvalue weighted by molar-refractivity contribution is 6.32. The van der Waals surface area contributed by atoms with Crippen molar-refractivity contribution in [3.63, 3.8) is 0 Å². The Kier molecular flexibility index (Phi) is 8.58. The first kappa shape index (κ1) is 29.8. The van der Waals surface area contributed by atoms with Crippen LogP contribution in [0.25, 0.3) is 0 Å². The molecule has 0 aliphatic rings. The van der Waals surface area contributed by atoms with Gasteiger partial charge in [-0.3, -0.25) is 30.3 Å². The first-order chi connectivity index (χ1) is 18.6. The van der Waals surface area contributed by atoms with Gasteiger partial charge in [0.1, 0.15) is 17.1 Å². The van der Waals surface area contributed by atoms with Crippen LogP contribution in [0.15, 0.2) is 48.5 Å². The van der Waals surface area contributed by atoms with Crippen LogP contribution in [-0.2, 0) is 6.18 Å². The Morgan fingerprint density at radius 2 is 1.60 bits per heavy atom. The van der Waals surface area contributed by atoms with Crippen LogP contribution in [-0.4, -0.2) is 20.7 Å². The van der Waals surface area contributed by atoms with Crippen LogP contribution in [0.4, 0.5) is 30.2 Å². The van der Waals surface area contributed by atoms with E-state index in [1.54, 1.807) is 13.8 Å². The van der Waals surface area contributed by atoms with E-state index in [1.807, 2.05) is 0 Å². The third-order valence-electron chi connectivity index (χ3n) is 5.70. The maximum Gasteiger partial charge on any atom is 0.416 e. The topological polar surface area (TPSA) is 165 Å². The van der Waals surface area contributed by atoms with Crippen LogP contribution in [0.5, 0.6) is 17.2 Å². The third-order valence-corrected chi connectivity index (χ3v) is 6.00. The van der Waals surface area contributed by atoms with E-state index >= 15 is 0 Å². The highest BCUT2D eigenvalue weighted by atomic mass is 35.5. The van der Waals surface area contributed by atoms with E-state index in [4.69, 9.17) is 21.1 Å². The molecule has 1 unspecified atom stereocenters. The zero-order valence-electron chi connectivity index (χ0n) is 20.4. The molecule has 12 nitrogen and oxygen atoms in total. The van der Waals surface area contributed by atoms with E-state index in [-0.39, 0.29) is 17.1 Å². The van der Waals surface area contributed by atoms with Crippen molar-refractivity contribution in [1.82, 2.24) is 0 Å². The number of carbonyl (C=O) groups excluding carboxylic acids is 1. The standard InChI is InChI=1S/C24H17ClF3N3O9/c1-3-12(2)16-9-14(29(33)34)10-20(31(37)38)22(16)40-23(32)17-11-15(5-6-19(17)30(35)36)39-21-7-4-13(8-18(21)25)24(26,27)28/h4-12H,3H2,1-2H3. The van der Waals surface area contributed by atoms with Gasteiger partial charge in [-0.25, -0.2) is 4.79 Å². The molecule has 3 aromatic carbocycles. The number of hydrogen-bond acceptors (Lipinski definition) is 9. The Hall–Kier alpha value is -4.79. The second-order valence-electron chi connectivity index (χ2n) is 8.28. The number of hydrogen-bond donors (Lipinski definition) is 0. The van der Waals surface area contributed by atoms with Crippen molar-refractivity contribution in [2.75, 3.05) is 0 Å². The van der Waals surface area contributed by atoms with E-state index in [2.05, 4.69) is 0 Å². The van der Waals surface area contributed by atoms with Gasteiger partial charge in [0, 0.05) is 23.8 Å². The van der Waals surface area contributed by atoms with Crippen molar-refractivity contribution < 1.29 is 42.2 Å². The minimum atomic E-state index is -4.68. The highest BCUT2D eigenvalue weighted by Gasteiger charge is 2.33. The molecule has 0 spiro atoms. The van der Waals surface area contributed by atoms with Crippen molar-refractivity contribution in [2.45, 2.75) is 32.4 Å². The molecule has 3 aromatic rings. The monoisotopic (exact) mass is 583 g/mol. The van der Waals surface area contributed by atoms with Gasteiger partial charge in [0.05, 0.1) is 31.4 Å². The number of halogens is 4. The lowest BCUT2D eigenvalue weighted by Gasteiger charge is -2.15. The number of rotatable bonds is 9. The second kappa shape index (κ2) is 11.5. The van der Waals surface area contributed by atoms with E-state index in [9.17, 15) is 48.3 Å². The molecule has 0 saturated heterocycles. The van der Waals surface area contributed by atoms with Crippen LogP contribution in [0.1, 0.15) is 47.7 Å². The van der Waals surface area contributed by atoms with Gasteiger partial charge < -0.3 is 9.47 Å². The normalized spacial score (nSPS) is 11.9. The molecule has 0 aliphatic carbocycles. The number of benzene rings is 3. The maximum atomic E-state index is 13.1. The molecule has 16 heteroatoms. The summed E-state index contributed by atoms with van der Waals surface area (Å²) in [7, 11) is 0. The Bertz CT molecular complexity index is 1530. The molecule has 3 rings (SSSR count). The Labute approximate surface area is 227 Å². The number of ether oxygens (including phenoxy) is 2. The Balaban J connectivity index is 2.08. The third kappa shape index (κ3) is 6.43. The molecule has 0 heterocycles. The molecular weight excluding hydrogens is 567 g/mol. The number of alkyl halides is 3. The maximum absolute atomic E-state index is 13.1. The quantitative estimate of drug-likeness (QED) is 0.107. The zero-order chi connectivity index (χ0) is 29.9. The fourth-order valence-corrected chi connectivity index (χ4v) is 3.71. The number of non-ortho nitro benzene ring substituents is 1. The molecule has 1 atom stereocenters. The molecule has 0 fully saturated rings. The van der Waals surface area contributed by atoms with E-state index in [0.717, 1.165) is 30.3 Å². The summed E-state index contributed by atoms with van der Waals surface area (Å²) in [5.74, 6) is -3.17. The molecule has 0 N–H and O–H groups in total. The van der Waals surface area contributed by atoms with Crippen molar-refractivity contribution in [2.24, 2.45) is 0 Å². The molecule has 0 bridgehead atoms. The van der Waals surface area contributed by atoms with E-state index in [0.29, 0.717) is 24.6 Å². The summed E-state index contributed by atoms with van der Waals surface area (Å²) in [6.07, 6.45) is -4.35. The predicted molar refractivity (Wildman–Crippen MR) is 133 cm³/mol. The summed E-state index contributed by atoms with van der Waals surface area (Å²) in [6.45, 7) is 3.25. The van der Waals surface area contributed by atoms with Gasteiger partial charge in [0.15, 0.2) is 0 Å². The average molecular weight is 584 g/mol. The molecule has 40 heavy (non-hydrogen) atoms. The lowest BCUT2D eigenvalue weighted by Crippen LogP contribution is -2.14. The zero-order valence-corrected chi connectivity index (χ0v) is 21.2. The number of esters is 1. The largest absolute Gasteiger partial charge is 0.456 e. The van der Waals surface area contributed by atoms with Gasteiger partial charge in [0.2, 0.25) is 5.75 Å². The molecule has 0 saturated carbocycles. The van der Waals surface area contributed by atoms with Crippen LogP contribution < -0.4 is 9.47 Å². The molecule has 0 aromatic heterocycles.